The van der Waals surface area contributed by atoms with Gasteiger partial charge in [-0.3, -0.25) is 24.5 Å². The highest BCUT2D eigenvalue weighted by Crippen LogP contribution is 2.45. The molecule has 5 heterocycles. The van der Waals surface area contributed by atoms with E-state index in [0.29, 0.717) is 76.6 Å². The Bertz CT molecular complexity index is 2400. The third kappa shape index (κ3) is 11.2. The number of Topliss-reactive ketones (excluding diaryl/α,β-unsaturated/α-hetero) is 1. The summed E-state index contributed by atoms with van der Waals surface area (Å²) in [6.45, 7) is 21.3. The molecule has 4 unspecified atom stereocenters. The number of methoxy groups -OCH3 is 1. The number of piperidine rings is 1. The predicted octanol–water partition coefficient (Wildman–Crippen LogP) is 4.95. The number of carbonyl (C=O) groups excluding carboxylic acids is 3. The van der Waals surface area contributed by atoms with Gasteiger partial charge in [0.1, 0.15) is 28.6 Å². The van der Waals surface area contributed by atoms with Crippen molar-refractivity contribution in [1.82, 2.24) is 14.7 Å². The van der Waals surface area contributed by atoms with Crippen LogP contribution >= 0.6 is 0 Å². The Hall–Kier alpha value is -5.07. The van der Waals surface area contributed by atoms with Crippen molar-refractivity contribution >= 4 is 34.2 Å². The van der Waals surface area contributed by atoms with Crippen LogP contribution in [0.3, 0.4) is 0 Å². The normalized spacial score (nSPS) is 29.7. The second-order valence-electron chi connectivity index (χ2n) is 19.9. The van der Waals surface area contributed by atoms with Crippen LogP contribution in [-0.2, 0) is 19.0 Å². The first-order valence-corrected chi connectivity index (χ1v) is 24.2. The maximum absolute atomic E-state index is 14.7. The summed E-state index contributed by atoms with van der Waals surface area (Å²) < 4.78 is 18.3. The van der Waals surface area contributed by atoms with Gasteiger partial charge < -0.3 is 54.9 Å². The van der Waals surface area contributed by atoms with Crippen molar-refractivity contribution in [2.24, 2.45) is 39.6 Å². The molecule has 1 spiro atoms. The molecule has 7 rings (SSSR count). The fourth-order valence-corrected chi connectivity index (χ4v) is 10.2. The van der Waals surface area contributed by atoms with E-state index in [1.807, 2.05) is 33.8 Å². The molecule has 6 N–H and O–H groups in total. The van der Waals surface area contributed by atoms with E-state index in [1.165, 1.54) is 27.2 Å². The van der Waals surface area contributed by atoms with Crippen LogP contribution in [-0.4, -0.2) is 154 Å². The van der Waals surface area contributed by atoms with Crippen LogP contribution < -0.4 is 16.0 Å². The number of rotatable bonds is 6. The molecule has 8 atom stereocenters. The number of aliphatic hydroxyl groups excluding tert-OH is 2. The zero-order chi connectivity index (χ0) is 49.8. The number of fused-ring (bicyclic) bond motifs is 15. The summed E-state index contributed by atoms with van der Waals surface area (Å²) in [6.07, 6.45) is 5.64. The second kappa shape index (κ2) is 22.1. The van der Waals surface area contributed by atoms with Gasteiger partial charge in [-0.1, -0.05) is 59.8 Å². The number of allylic oxidation sites excluding steroid dienone is 3. The van der Waals surface area contributed by atoms with Crippen molar-refractivity contribution < 1.29 is 54.1 Å². The van der Waals surface area contributed by atoms with Gasteiger partial charge in [-0.05, 0) is 51.0 Å². The number of β-amino-alcohol motifs (C(OH)–C–C–N with tert-alkyl or cyclic N) is 1. The van der Waals surface area contributed by atoms with E-state index in [9.17, 15) is 39.9 Å². The van der Waals surface area contributed by atoms with Gasteiger partial charge in [-0.15, -0.1) is 0 Å². The van der Waals surface area contributed by atoms with Crippen molar-refractivity contribution in [3.8, 4) is 17.2 Å². The van der Waals surface area contributed by atoms with Crippen LogP contribution in [0.15, 0.2) is 46.1 Å². The van der Waals surface area contributed by atoms with Gasteiger partial charge >= 0.3 is 6.09 Å². The number of phenolic OH excluding ortho intramolecular Hbond substituents is 3. The van der Waals surface area contributed by atoms with Crippen molar-refractivity contribution in [3.05, 3.63) is 58.0 Å². The molecule has 17 heteroatoms. The van der Waals surface area contributed by atoms with Crippen molar-refractivity contribution in [3.63, 3.8) is 0 Å². The average Bonchev–Trinajstić information content (AvgIpc) is 3.68. The van der Waals surface area contributed by atoms with E-state index in [-0.39, 0.29) is 56.7 Å². The Morgan fingerprint density at radius 1 is 0.897 bits per heavy atom. The highest BCUT2D eigenvalue weighted by atomic mass is 16.6. The number of nitrogens with zero attached hydrogens (tertiary/aromatic N) is 5. The molecule has 2 aromatic carbocycles. The molecular weight excluding hydrogens is 873 g/mol. The SMILES string of the molecule is CO[C@H]1/C=C/OC(C)C(=O)c2c(O)c(C)c(O)c3c(O)c(c4c(c23)=NC2(CCN(CC(C)C)CC2)N=4)NC(=O)/C(C)=C\C=C\C(C)C[C@@H](C)C(O)[C@@H](C)C(OC(=O)N2CCN(CCO)CC2)[C@@H]1C. The van der Waals surface area contributed by atoms with Crippen molar-refractivity contribution in [2.75, 3.05) is 71.4 Å². The minimum Gasteiger partial charge on any atom is -0.507 e. The number of amides is 2. The summed E-state index contributed by atoms with van der Waals surface area (Å²) in [5, 5.41) is 59.8. The molecule has 2 saturated heterocycles. The minimum absolute atomic E-state index is 0.0194. The zero-order valence-electron chi connectivity index (χ0n) is 41.5. The number of aromatic hydroxyl groups is 3. The number of piperazine rings is 1. The monoisotopic (exact) mass is 947 g/mol. The first-order chi connectivity index (χ1) is 32.2. The standard InChI is InChI=1S/C51H74N6O11/c1-28(2)27-56-17-15-51(16-18-56)53-40-37-38-44(60)33(7)45(61)39(37)47(63)42(41(40)54-51)52-49(64)30(4)13-11-12-29(3)26-31(5)43(59)34(8)48(32(6)36(66-10)14-25-67-35(9)46(38)62)68-50(65)57-21-19-55(20-22-57)23-24-58/h11-14,25,28-29,31-32,34-36,43,48,58-61,63H,15-24,26-27H2,1-10H3,(H,52,64)/b12-11+,25-14+,30-13-/t29?,31-,32-,34-,35?,36+,43?,48?/m1/s1. The van der Waals surface area contributed by atoms with E-state index in [1.54, 1.807) is 30.1 Å². The summed E-state index contributed by atoms with van der Waals surface area (Å²) in [4.78, 5) is 58.8. The molecule has 2 amide bonds. The second-order valence-corrected chi connectivity index (χ2v) is 19.9. The number of anilines is 1. The Balaban J connectivity index is 1.45. The van der Waals surface area contributed by atoms with Crippen LogP contribution in [0.25, 0.3) is 10.8 Å². The molecule has 0 radical (unpaired) electrons. The van der Waals surface area contributed by atoms with Gasteiger partial charge in [0, 0.05) is 101 Å². The molecular formula is C51H74N6O11. The molecule has 4 bridgehead atoms. The lowest BCUT2D eigenvalue weighted by atomic mass is 9.79. The Morgan fingerprint density at radius 3 is 2.19 bits per heavy atom. The Labute approximate surface area is 399 Å². The van der Waals surface area contributed by atoms with Gasteiger partial charge in [0.15, 0.2) is 17.5 Å². The number of carbonyl (C=O) groups is 3. The molecule has 5 aliphatic heterocycles. The molecule has 2 fully saturated rings. The number of ketones is 1. The molecule has 0 aliphatic carbocycles. The Morgan fingerprint density at radius 2 is 1.56 bits per heavy atom. The lowest BCUT2D eigenvalue weighted by Gasteiger charge is -2.39. The maximum Gasteiger partial charge on any atom is 0.410 e. The van der Waals surface area contributed by atoms with E-state index in [0.717, 1.165) is 6.54 Å². The average molecular weight is 947 g/mol. The van der Waals surface area contributed by atoms with Crippen molar-refractivity contribution in [2.45, 2.75) is 112 Å². The maximum atomic E-state index is 14.7. The molecule has 68 heavy (non-hydrogen) atoms. The molecule has 5 aliphatic rings. The molecule has 17 nitrogen and oxygen atoms in total. The summed E-state index contributed by atoms with van der Waals surface area (Å²) in [6, 6.07) is 0. The van der Waals surface area contributed by atoms with Gasteiger partial charge in [0.25, 0.3) is 5.91 Å². The van der Waals surface area contributed by atoms with Crippen LogP contribution in [0.2, 0.25) is 0 Å². The third-order valence-electron chi connectivity index (χ3n) is 14.3. The van der Waals surface area contributed by atoms with Gasteiger partial charge in [-0.2, -0.15) is 0 Å². The number of benzene rings is 2. The van der Waals surface area contributed by atoms with E-state index in [4.69, 9.17) is 24.2 Å². The molecule has 0 saturated carbocycles. The predicted molar refractivity (Wildman–Crippen MR) is 258 cm³/mol. The van der Waals surface area contributed by atoms with Crippen LogP contribution in [0.5, 0.6) is 17.2 Å². The third-order valence-corrected chi connectivity index (χ3v) is 14.3. The van der Waals surface area contributed by atoms with E-state index >= 15 is 0 Å². The van der Waals surface area contributed by atoms with Gasteiger partial charge in [-0.25, -0.2) is 4.79 Å². The smallest absolute Gasteiger partial charge is 0.410 e. The quantitative estimate of drug-likeness (QED) is 0.211. The van der Waals surface area contributed by atoms with Crippen LogP contribution in [0.1, 0.15) is 90.6 Å². The fraction of sp³-hybridized carbons (Fsp3) is 0.627. The largest absolute Gasteiger partial charge is 0.507 e. The van der Waals surface area contributed by atoms with Crippen LogP contribution in [0, 0.1) is 36.5 Å². The first-order valence-electron chi connectivity index (χ1n) is 24.2. The van der Waals surface area contributed by atoms with Crippen LogP contribution in [0.4, 0.5) is 10.5 Å². The molecule has 374 valence electrons. The topological polar surface area (TPSA) is 227 Å². The lowest BCUT2D eigenvalue weighted by molar-refractivity contribution is -0.112. The van der Waals surface area contributed by atoms with Gasteiger partial charge in [0.2, 0.25) is 5.78 Å². The highest BCUT2D eigenvalue weighted by Gasteiger charge is 2.41. The number of hydrogen-bond donors (Lipinski definition) is 6. The number of hydrogen-bond acceptors (Lipinski definition) is 15. The van der Waals surface area contributed by atoms with Gasteiger partial charge in [0.05, 0.1) is 41.4 Å². The Kier molecular flexibility index (Phi) is 17.0. The van der Waals surface area contributed by atoms with Crippen molar-refractivity contribution in [1.29, 1.82) is 0 Å². The lowest BCUT2D eigenvalue weighted by Crippen LogP contribution is -2.52. The van der Waals surface area contributed by atoms with E-state index < -0.39 is 76.9 Å². The zero-order valence-corrected chi connectivity index (χ0v) is 41.5. The fourth-order valence-electron chi connectivity index (χ4n) is 10.2. The van der Waals surface area contributed by atoms with E-state index in [2.05, 4.69) is 29.0 Å². The highest BCUT2D eigenvalue weighted by molar-refractivity contribution is 6.17. The first kappa shape index (κ1) is 52.3. The summed E-state index contributed by atoms with van der Waals surface area (Å²) in [7, 11) is 1.50. The molecule has 2 aromatic rings. The summed E-state index contributed by atoms with van der Waals surface area (Å²) in [5.74, 6) is -3.72. The number of nitrogens with one attached hydrogen (secondary N) is 1. The number of aliphatic hydroxyl groups is 2. The summed E-state index contributed by atoms with van der Waals surface area (Å²) in [5.41, 5.74) is -1.09. The molecule has 0 aromatic heterocycles. The number of likely N-dealkylation sites (tertiary alicyclic amines) is 1. The minimum atomic E-state index is -1.24. The number of ether oxygens (including phenoxy) is 3. The number of phenols is 3. The summed E-state index contributed by atoms with van der Waals surface area (Å²) >= 11 is 0.